The Morgan fingerprint density at radius 1 is 1.16 bits per heavy atom. The van der Waals surface area contributed by atoms with Crippen LogP contribution in [0.3, 0.4) is 0 Å². The zero-order valence-corrected chi connectivity index (χ0v) is 13.5. The van der Waals surface area contributed by atoms with Crippen LogP contribution in [0.5, 0.6) is 0 Å². The van der Waals surface area contributed by atoms with E-state index in [2.05, 4.69) is 9.97 Å². The zero-order chi connectivity index (χ0) is 17.4. The molecule has 3 heterocycles. The number of benzene rings is 1. The van der Waals surface area contributed by atoms with Gasteiger partial charge in [-0.25, -0.2) is 19.2 Å². The van der Waals surface area contributed by atoms with Gasteiger partial charge < -0.3 is 14.6 Å². The number of carboxylic acid groups (broad SMARTS) is 1. The van der Waals surface area contributed by atoms with Gasteiger partial charge in [-0.3, -0.25) is 0 Å². The number of nitrogens with zero attached hydrogens (tertiary/aromatic N) is 4. The van der Waals surface area contributed by atoms with Crippen LogP contribution in [0.4, 0.5) is 9.18 Å². The van der Waals surface area contributed by atoms with Crippen LogP contribution in [0.1, 0.15) is 18.9 Å². The summed E-state index contributed by atoms with van der Waals surface area (Å²) in [5.41, 5.74) is 1.84. The highest BCUT2D eigenvalue weighted by Crippen LogP contribution is 2.33. The molecule has 1 aliphatic heterocycles. The number of imidazole rings is 1. The first-order valence-electron chi connectivity index (χ1n) is 8.21. The molecular formula is C18H17FN4O2. The Kier molecular flexibility index (Phi) is 3.83. The van der Waals surface area contributed by atoms with Gasteiger partial charge in [0, 0.05) is 25.3 Å². The standard InChI is InChI=1S/C18H17FN4O2/c19-14-5-2-1-4-13(14)16-21-15-6-3-9-20-17(15)23(16)12-7-10-22(11-8-12)18(24)25/h1-6,9,12H,7-8,10-11H2,(H,24,25). The van der Waals surface area contributed by atoms with Crippen molar-refractivity contribution in [1.29, 1.82) is 0 Å². The topological polar surface area (TPSA) is 71.2 Å². The van der Waals surface area contributed by atoms with Gasteiger partial charge in [0.15, 0.2) is 5.65 Å². The van der Waals surface area contributed by atoms with Gasteiger partial charge in [0.2, 0.25) is 0 Å². The second kappa shape index (κ2) is 6.16. The predicted octanol–water partition coefficient (Wildman–Crippen LogP) is 3.55. The molecule has 0 radical (unpaired) electrons. The summed E-state index contributed by atoms with van der Waals surface area (Å²) in [5.74, 6) is 0.211. The van der Waals surface area contributed by atoms with Crippen LogP contribution in [-0.4, -0.2) is 43.7 Å². The molecule has 6 nitrogen and oxygen atoms in total. The largest absolute Gasteiger partial charge is 0.465 e. The summed E-state index contributed by atoms with van der Waals surface area (Å²) in [6.45, 7) is 0.895. The van der Waals surface area contributed by atoms with Crippen molar-refractivity contribution in [2.75, 3.05) is 13.1 Å². The molecule has 0 unspecified atom stereocenters. The number of piperidine rings is 1. The predicted molar refractivity (Wildman–Crippen MR) is 90.8 cm³/mol. The molecule has 1 saturated heterocycles. The van der Waals surface area contributed by atoms with Crippen LogP contribution in [-0.2, 0) is 0 Å². The number of hydrogen-bond donors (Lipinski definition) is 1. The van der Waals surface area contributed by atoms with E-state index in [9.17, 15) is 9.18 Å². The minimum Gasteiger partial charge on any atom is -0.465 e. The molecule has 0 spiro atoms. The Morgan fingerprint density at radius 2 is 1.92 bits per heavy atom. The summed E-state index contributed by atoms with van der Waals surface area (Å²) in [7, 11) is 0. The number of amides is 1. The molecule has 1 N–H and O–H groups in total. The number of likely N-dealkylation sites (tertiary alicyclic amines) is 1. The molecule has 1 aromatic carbocycles. The molecule has 2 aromatic heterocycles. The highest BCUT2D eigenvalue weighted by atomic mass is 19.1. The number of hydrogen-bond acceptors (Lipinski definition) is 3. The van der Waals surface area contributed by atoms with Gasteiger partial charge >= 0.3 is 6.09 Å². The summed E-state index contributed by atoms with van der Waals surface area (Å²) in [6.07, 6.45) is 2.09. The third-order valence-electron chi connectivity index (χ3n) is 4.66. The highest BCUT2D eigenvalue weighted by Gasteiger charge is 2.28. The Bertz CT molecular complexity index is 932. The van der Waals surface area contributed by atoms with Crippen molar-refractivity contribution in [2.24, 2.45) is 0 Å². The van der Waals surface area contributed by atoms with Gasteiger partial charge in [0.05, 0.1) is 5.56 Å². The van der Waals surface area contributed by atoms with Crippen LogP contribution in [0.2, 0.25) is 0 Å². The fraction of sp³-hybridized carbons (Fsp3) is 0.278. The minimum absolute atomic E-state index is 0.0325. The molecular weight excluding hydrogens is 323 g/mol. The van der Waals surface area contributed by atoms with Gasteiger partial charge in [0.1, 0.15) is 17.2 Å². The van der Waals surface area contributed by atoms with Gasteiger partial charge in [-0.15, -0.1) is 0 Å². The van der Waals surface area contributed by atoms with Crippen LogP contribution >= 0.6 is 0 Å². The van der Waals surface area contributed by atoms with Crippen molar-refractivity contribution in [3.05, 3.63) is 48.4 Å². The van der Waals surface area contributed by atoms with Crippen LogP contribution in [0.15, 0.2) is 42.6 Å². The molecule has 1 fully saturated rings. The van der Waals surface area contributed by atoms with E-state index in [0.29, 0.717) is 48.5 Å². The maximum atomic E-state index is 14.4. The van der Waals surface area contributed by atoms with Crippen molar-refractivity contribution in [3.63, 3.8) is 0 Å². The monoisotopic (exact) mass is 340 g/mol. The Hall–Kier alpha value is -2.96. The van der Waals surface area contributed by atoms with Gasteiger partial charge in [0.25, 0.3) is 0 Å². The van der Waals surface area contributed by atoms with Crippen molar-refractivity contribution < 1.29 is 14.3 Å². The normalized spacial score (nSPS) is 15.6. The van der Waals surface area contributed by atoms with Crippen molar-refractivity contribution in [3.8, 4) is 11.4 Å². The van der Waals surface area contributed by atoms with Crippen LogP contribution in [0.25, 0.3) is 22.6 Å². The molecule has 1 amide bonds. The Labute approximate surface area is 143 Å². The summed E-state index contributed by atoms with van der Waals surface area (Å²) in [4.78, 5) is 21.6. The van der Waals surface area contributed by atoms with Crippen molar-refractivity contribution >= 4 is 17.3 Å². The fourth-order valence-electron chi connectivity index (χ4n) is 3.42. The number of pyridine rings is 1. The smallest absolute Gasteiger partial charge is 0.407 e. The summed E-state index contributed by atoms with van der Waals surface area (Å²) in [5, 5.41) is 9.14. The number of carbonyl (C=O) groups is 1. The number of fused-ring (bicyclic) bond motifs is 1. The van der Waals surface area contributed by atoms with E-state index in [1.54, 1.807) is 30.5 Å². The van der Waals surface area contributed by atoms with Crippen LogP contribution < -0.4 is 0 Å². The fourth-order valence-corrected chi connectivity index (χ4v) is 3.42. The van der Waals surface area contributed by atoms with E-state index in [-0.39, 0.29) is 11.9 Å². The van der Waals surface area contributed by atoms with Gasteiger partial charge in [-0.05, 0) is 37.1 Å². The Balaban J connectivity index is 1.81. The molecule has 7 heteroatoms. The number of aromatic nitrogens is 3. The van der Waals surface area contributed by atoms with Crippen LogP contribution in [0, 0.1) is 5.82 Å². The SMILES string of the molecule is O=C(O)N1CCC(n2c(-c3ccccc3F)nc3cccnc32)CC1. The molecule has 0 atom stereocenters. The first-order valence-corrected chi connectivity index (χ1v) is 8.21. The molecule has 128 valence electrons. The lowest BCUT2D eigenvalue weighted by Gasteiger charge is -2.31. The maximum absolute atomic E-state index is 14.4. The zero-order valence-electron chi connectivity index (χ0n) is 13.5. The molecule has 25 heavy (non-hydrogen) atoms. The lowest BCUT2D eigenvalue weighted by atomic mass is 10.0. The summed E-state index contributed by atoms with van der Waals surface area (Å²) < 4.78 is 16.3. The van der Waals surface area contributed by atoms with E-state index in [4.69, 9.17) is 5.11 Å². The van der Waals surface area contributed by atoms with Crippen molar-refractivity contribution in [2.45, 2.75) is 18.9 Å². The average molecular weight is 340 g/mol. The maximum Gasteiger partial charge on any atom is 0.407 e. The second-order valence-electron chi connectivity index (χ2n) is 6.13. The molecule has 0 bridgehead atoms. The Morgan fingerprint density at radius 3 is 2.64 bits per heavy atom. The number of rotatable bonds is 2. The summed E-state index contributed by atoms with van der Waals surface area (Å²) >= 11 is 0. The summed E-state index contributed by atoms with van der Waals surface area (Å²) in [6, 6.07) is 10.2. The third kappa shape index (κ3) is 2.71. The van der Waals surface area contributed by atoms with E-state index in [0.717, 1.165) is 0 Å². The quantitative estimate of drug-likeness (QED) is 0.774. The van der Waals surface area contributed by atoms with E-state index >= 15 is 0 Å². The molecule has 1 aliphatic rings. The highest BCUT2D eigenvalue weighted by molar-refractivity contribution is 5.77. The van der Waals surface area contributed by atoms with E-state index in [1.807, 2.05) is 10.6 Å². The first kappa shape index (κ1) is 15.6. The van der Waals surface area contributed by atoms with E-state index in [1.165, 1.54) is 11.0 Å². The average Bonchev–Trinajstić information content (AvgIpc) is 3.01. The second-order valence-corrected chi connectivity index (χ2v) is 6.13. The lowest BCUT2D eigenvalue weighted by molar-refractivity contribution is 0.126. The molecule has 0 aliphatic carbocycles. The van der Waals surface area contributed by atoms with E-state index < -0.39 is 6.09 Å². The molecule has 0 saturated carbocycles. The lowest BCUT2D eigenvalue weighted by Crippen LogP contribution is -2.38. The third-order valence-corrected chi connectivity index (χ3v) is 4.66. The van der Waals surface area contributed by atoms with Gasteiger partial charge in [-0.1, -0.05) is 12.1 Å². The van der Waals surface area contributed by atoms with Gasteiger partial charge in [-0.2, -0.15) is 0 Å². The first-order chi connectivity index (χ1) is 12.1. The number of halogens is 1. The van der Waals surface area contributed by atoms with Crippen molar-refractivity contribution in [1.82, 2.24) is 19.4 Å². The molecule has 3 aromatic rings. The minimum atomic E-state index is -0.901. The molecule has 4 rings (SSSR count).